The van der Waals surface area contributed by atoms with Crippen LogP contribution in [-0.4, -0.2) is 24.7 Å². The van der Waals surface area contributed by atoms with Gasteiger partial charge in [-0.25, -0.2) is 0 Å². The summed E-state index contributed by atoms with van der Waals surface area (Å²) in [6, 6.07) is 4.18. The smallest absolute Gasteiger partial charge is 0.325 e. The lowest BCUT2D eigenvalue weighted by atomic mass is 9.90. The summed E-state index contributed by atoms with van der Waals surface area (Å²) in [7, 11) is 0. The summed E-state index contributed by atoms with van der Waals surface area (Å²) in [6.45, 7) is 11.0. The van der Waals surface area contributed by atoms with E-state index in [0.29, 0.717) is 6.61 Å². The molecule has 1 aromatic heterocycles. The molecule has 0 unspecified atom stereocenters. The quantitative estimate of drug-likeness (QED) is 0.807. The molecule has 4 heteroatoms. The number of hydrogen-bond donors (Lipinski definition) is 1. The number of hydrogen-bond acceptors (Lipinski definition) is 4. The molecule has 0 saturated carbocycles. The highest BCUT2D eigenvalue weighted by Crippen LogP contribution is 2.27. The maximum absolute atomic E-state index is 11.8. The Hall–Kier alpha value is -0.870. The van der Waals surface area contributed by atoms with Crippen LogP contribution in [0.5, 0.6) is 0 Å². The van der Waals surface area contributed by atoms with Crippen molar-refractivity contribution in [3.05, 3.63) is 22.4 Å². The molecule has 18 heavy (non-hydrogen) atoms. The molecule has 0 fully saturated rings. The number of rotatable bonds is 6. The predicted octanol–water partition coefficient (Wildman–Crippen LogP) is 2.96. The van der Waals surface area contributed by atoms with Crippen molar-refractivity contribution < 1.29 is 9.53 Å². The van der Waals surface area contributed by atoms with Gasteiger partial charge in [0.2, 0.25) is 0 Å². The number of carbonyl (C=O) groups excluding carboxylic acids is 1. The highest BCUT2D eigenvalue weighted by atomic mass is 32.1. The third kappa shape index (κ3) is 3.82. The number of esters is 1. The van der Waals surface area contributed by atoms with Crippen molar-refractivity contribution >= 4 is 17.3 Å². The molecular weight excluding hydrogens is 246 g/mol. The second-order valence-electron chi connectivity index (χ2n) is 5.56. The van der Waals surface area contributed by atoms with Crippen LogP contribution in [0.3, 0.4) is 0 Å². The van der Waals surface area contributed by atoms with Gasteiger partial charge in [0.1, 0.15) is 5.54 Å². The molecule has 1 heterocycles. The lowest BCUT2D eigenvalue weighted by Gasteiger charge is -2.30. The van der Waals surface area contributed by atoms with Crippen molar-refractivity contribution in [1.82, 2.24) is 5.32 Å². The van der Waals surface area contributed by atoms with E-state index in [1.165, 1.54) is 4.88 Å². The van der Waals surface area contributed by atoms with Gasteiger partial charge < -0.3 is 10.1 Å². The van der Waals surface area contributed by atoms with Crippen molar-refractivity contribution in [3.63, 3.8) is 0 Å². The van der Waals surface area contributed by atoms with Crippen molar-refractivity contribution in [2.75, 3.05) is 13.2 Å². The molecule has 0 saturated heterocycles. The van der Waals surface area contributed by atoms with E-state index in [0.717, 1.165) is 6.54 Å². The van der Waals surface area contributed by atoms with E-state index >= 15 is 0 Å². The molecular formula is C14H23NO2S. The first-order chi connectivity index (χ1) is 8.29. The maximum Gasteiger partial charge on any atom is 0.325 e. The molecule has 102 valence electrons. The van der Waals surface area contributed by atoms with Crippen LogP contribution in [0.2, 0.25) is 0 Å². The molecule has 0 radical (unpaired) electrons. The van der Waals surface area contributed by atoms with Gasteiger partial charge in [-0.05, 0) is 32.2 Å². The Balaban J connectivity index is 2.61. The highest BCUT2D eigenvalue weighted by molar-refractivity contribution is 7.10. The van der Waals surface area contributed by atoms with E-state index < -0.39 is 5.54 Å². The molecule has 1 aromatic rings. The van der Waals surface area contributed by atoms with Crippen LogP contribution in [0.15, 0.2) is 17.5 Å². The minimum Gasteiger partial charge on any atom is -0.465 e. The second-order valence-corrected chi connectivity index (χ2v) is 6.51. The van der Waals surface area contributed by atoms with Crippen LogP contribution in [-0.2, 0) is 14.9 Å². The Bertz CT molecular complexity index is 383. The Kier molecular flexibility index (Phi) is 4.93. The highest BCUT2D eigenvalue weighted by Gasteiger charge is 2.32. The van der Waals surface area contributed by atoms with Gasteiger partial charge in [-0.2, -0.15) is 0 Å². The SMILES string of the molecule is CCOC(=O)C(C)(C)NCC(C)(C)c1cccs1. The molecule has 0 aliphatic carbocycles. The van der Waals surface area contributed by atoms with E-state index in [1.807, 2.05) is 20.8 Å². The van der Waals surface area contributed by atoms with Gasteiger partial charge in [-0.15, -0.1) is 11.3 Å². The fraction of sp³-hybridized carbons (Fsp3) is 0.643. The summed E-state index contributed by atoms with van der Waals surface area (Å²) in [5.41, 5.74) is -0.636. The van der Waals surface area contributed by atoms with Crippen molar-refractivity contribution in [1.29, 1.82) is 0 Å². The van der Waals surface area contributed by atoms with E-state index in [9.17, 15) is 4.79 Å². The van der Waals surface area contributed by atoms with Gasteiger partial charge in [0, 0.05) is 16.8 Å². The maximum atomic E-state index is 11.8. The van der Waals surface area contributed by atoms with Crippen LogP contribution in [0.25, 0.3) is 0 Å². The van der Waals surface area contributed by atoms with E-state index in [-0.39, 0.29) is 11.4 Å². The summed E-state index contributed by atoms with van der Waals surface area (Å²) in [5, 5.41) is 5.38. The fourth-order valence-corrected chi connectivity index (χ4v) is 2.43. The minimum absolute atomic E-state index is 0.0118. The second kappa shape index (κ2) is 5.85. The number of ether oxygens (including phenoxy) is 1. The van der Waals surface area contributed by atoms with Gasteiger partial charge in [-0.1, -0.05) is 19.9 Å². The molecule has 1 rings (SSSR count). The third-order valence-electron chi connectivity index (χ3n) is 2.95. The number of thiophene rings is 1. The monoisotopic (exact) mass is 269 g/mol. The number of nitrogens with one attached hydrogen (secondary N) is 1. The molecule has 0 spiro atoms. The lowest BCUT2D eigenvalue weighted by Crippen LogP contribution is -2.51. The fourth-order valence-electron chi connectivity index (χ4n) is 1.58. The molecule has 0 atom stereocenters. The summed E-state index contributed by atoms with van der Waals surface area (Å²) in [6.07, 6.45) is 0. The Morgan fingerprint density at radius 3 is 2.56 bits per heavy atom. The van der Waals surface area contributed by atoms with Gasteiger partial charge in [0.25, 0.3) is 0 Å². The predicted molar refractivity (Wildman–Crippen MR) is 76.1 cm³/mol. The minimum atomic E-state index is -0.648. The van der Waals surface area contributed by atoms with Gasteiger partial charge >= 0.3 is 5.97 Å². The van der Waals surface area contributed by atoms with E-state index in [2.05, 4.69) is 36.7 Å². The van der Waals surface area contributed by atoms with Gasteiger partial charge in [0.05, 0.1) is 6.61 Å². The van der Waals surface area contributed by atoms with E-state index in [1.54, 1.807) is 11.3 Å². The first-order valence-corrected chi connectivity index (χ1v) is 7.14. The number of carbonyl (C=O) groups is 1. The summed E-state index contributed by atoms with van der Waals surface area (Å²) in [5.74, 6) is -0.202. The van der Waals surface area contributed by atoms with E-state index in [4.69, 9.17) is 4.74 Å². The normalized spacial score (nSPS) is 12.5. The molecule has 0 bridgehead atoms. The Labute approximate surface area is 114 Å². The van der Waals surface area contributed by atoms with Crippen LogP contribution in [0.1, 0.15) is 39.5 Å². The topological polar surface area (TPSA) is 38.3 Å². The zero-order valence-electron chi connectivity index (χ0n) is 11.9. The molecule has 0 aliphatic heterocycles. The zero-order valence-corrected chi connectivity index (χ0v) is 12.7. The van der Waals surface area contributed by atoms with Gasteiger partial charge in [-0.3, -0.25) is 4.79 Å². The summed E-state index contributed by atoms with van der Waals surface area (Å²) < 4.78 is 5.06. The largest absolute Gasteiger partial charge is 0.465 e. The average Bonchev–Trinajstić information content (AvgIpc) is 2.81. The van der Waals surface area contributed by atoms with Crippen molar-refractivity contribution in [2.24, 2.45) is 0 Å². The van der Waals surface area contributed by atoms with Crippen molar-refractivity contribution in [2.45, 2.75) is 45.6 Å². The molecule has 0 aliphatic rings. The van der Waals surface area contributed by atoms with Crippen LogP contribution < -0.4 is 5.32 Å². The average molecular weight is 269 g/mol. The third-order valence-corrected chi connectivity index (χ3v) is 4.18. The standard InChI is InChI=1S/C14H23NO2S/c1-6-17-12(16)14(4,5)15-10-13(2,3)11-8-7-9-18-11/h7-9,15H,6,10H2,1-5H3. The first-order valence-electron chi connectivity index (χ1n) is 6.26. The summed E-state index contributed by atoms with van der Waals surface area (Å²) >= 11 is 1.74. The van der Waals surface area contributed by atoms with Crippen LogP contribution >= 0.6 is 11.3 Å². The first kappa shape index (κ1) is 15.2. The van der Waals surface area contributed by atoms with Crippen molar-refractivity contribution in [3.8, 4) is 0 Å². The molecule has 0 aromatic carbocycles. The zero-order chi connectivity index (χ0) is 13.8. The van der Waals surface area contributed by atoms with Gasteiger partial charge in [0.15, 0.2) is 0 Å². The molecule has 3 nitrogen and oxygen atoms in total. The Morgan fingerprint density at radius 2 is 2.06 bits per heavy atom. The lowest BCUT2D eigenvalue weighted by molar-refractivity contribution is -0.149. The van der Waals surface area contributed by atoms with Crippen LogP contribution in [0.4, 0.5) is 0 Å². The molecule has 1 N–H and O–H groups in total. The Morgan fingerprint density at radius 1 is 1.39 bits per heavy atom. The summed E-state index contributed by atoms with van der Waals surface area (Å²) in [4.78, 5) is 13.1. The molecule has 0 amide bonds. The van der Waals surface area contributed by atoms with Crippen LogP contribution in [0, 0.1) is 0 Å².